The van der Waals surface area contributed by atoms with Gasteiger partial charge in [0.2, 0.25) is 5.91 Å². The van der Waals surface area contributed by atoms with E-state index in [2.05, 4.69) is 39.3 Å². The van der Waals surface area contributed by atoms with Crippen molar-refractivity contribution in [2.45, 2.75) is 32.7 Å². The fraction of sp³-hybridized carbons (Fsp3) is 0.273. The largest absolute Gasteiger partial charge is 0.346 e. The van der Waals surface area contributed by atoms with Crippen molar-refractivity contribution in [2.24, 2.45) is 5.92 Å². The average Bonchev–Trinajstić information content (AvgIpc) is 3.17. The summed E-state index contributed by atoms with van der Waals surface area (Å²) in [7, 11) is 0. The Kier molecular flexibility index (Phi) is 5.12. The predicted molar refractivity (Wildman–Crippen MR) is 113 cm³/mol. The van der Waals surface area contributed by atoms with Gasteiger partial charge in [0.1, 0.15) is 5.82 Å². The molecule has 1 amide bonds. The molecule has 2 aromatic heterocycles. The summed E-state index contributed by atoms with van der Waals surface area (Å²) >= 11 is 0. The number of hydrogen-bond acceptors (Lipinski definition) is 4. The molecular weight excluding hydrogens is 366 g/mol. The Morgan fingerprint density at radius 1 is 1.10 bits per heavy atom. The first-order chi connectivity index (χ1) is 14.1. The highest BCUT2D eigenvalue weighted by Gasteiger charge is 2.24. The van der Waals surface area contributed by atoms with E-state index in [0.717, 1.165) is 23.3 Å². The highest BCUT2D eigenvalue weighted by molar-refractivity contribution is 5.88. The van der Waals surface area contributed by atoms with Gasteiger partial charge in [0, 0.05) is 5.39 Å². The Balaban J connectivity index is 1.61. The van der Waals surface area contributed by atoms with E-state index in [4.69, 9.17) is 0 Å². The van der Waals surface area contributed by atoms with Crippen molar-refractivity contribution in [1.29, 1.82) is 0 Å². The van der Waals surface area contributed by atoms with E-state index in [1.807, 2.05) is 36.4 Å². The number of aromatic amines is 2. The summed E-state index contributed by atoms with van der Waals surface area (Å²) in [6.45, 7) is 4.18. The average molecular weight is 389 g/mol. The second-order valence-electron chi connectivity index (χ2n) is 7.29. The Bertz CT molecular complexity index is 1190. The van der Waals surface area contributed by atoms with Crippen molar-refractivity contribution in [3.8, 4) is 0 Å². The summed E-state index contributed by atoms with van der Waals surface area (Å²) in [5.74, 6) is 0.772. The molecule has 0 radical (unpaired) electrons. The summed E-state index contributed by atoms with van der Waals surface area (Å²) in [4.78, 5) is 32.8. The molecule has 4 rings (SSSR count). The van der Waals surface area contributed by atoms with Gasteiger partial charge in [-0.3, -0.25) is 9.59 Å². The van der Waals surface area contributed by atoms with Crippen LogP contribution in [0.15, 0.2) is 53.3 Å². The van der Waals surface area contributed by atoms with E-state index < -0.39 is 0 Å². The van der Waals surface area contributed by atoms with Gasteiger partial charge in [-0.2, -0.15) is 5.10 Å². The molecule has 3 N–H and O–H groups in total. The molecule has 2 aromatic carbocycles. The Morgan fingerprint density at radius 2 is 1.83 bits per heavy atom. The minimum atomic E-state index is -0.260. The topological polar surface area (TPSA) is 104 Å². The van der Waals surface area contributed by atoms with Crippen molar-refractivity contribution in [3.63, 3.8) is 0 Å². The van der Waals surface area contributed by atoms with Crippen LogP contribution in [0.25, 0.3) is 21.8 Å². The standard InChI is InChI=1S/C22H23N5O2/c1-3-13(2)20(21-23-16-10-6-7-11-17(16)24-21)25-19(28)12-18-14-8-4-5-9-15(14)22(29)27-26-18/h4-11,13,20H,3,12H2,1-2H3,(H,23,24)(H,25,28)(H,27,29). The lowest BCUT2D eigenvalue weighted by Crippen LogP contribution is -2.34. The van der Waals surface area contributed by atoms with Crippen LogP contribution in [-0.2, 0) is 11.2 Å². The molecule has 2 atom stereocenters. The van der Waals surface area contributed by atoms with Gasteiger partial charge in [0.25, 0.3) is 5.56 Å². The molecule has 0 bridgehead atoms. The molecule has 0 spiro atoms. The van der Waals surface area contributed by atoms with E-state index in [-0.39, 0.29) is 29.8 Å². The Hall–Kier alpha value is -3.48. The van der Waals surface area contributed by atoms with Gasteiger partial charge in [-0.25, -0.2) is 10.1 Å². The normalized spacial score (nSPS) is 13.4. The molecule has 148 valence electrons. The second kappa shape index (κ2) is 7.87. The summed E-state index contributed by atoms with van der Waals surface area (Å²) in [5, 5.41) is 10.9. The fourth-order valence-corrected chi connectivity index (χ4v) is 3.52. The summed E-state index contributed by atoms with van der Waals surface area (Å²) in [6, 6.07) is 14.7. The number of para-hydroxylation sites is 2. The van der Waals surface area contributed by atoms with E-state index >= 15 is 0 Å². The van der Waals surface area contributed by atoms with Crippen molar-refractivity contribution in [1.82, 2.24) is 25.5 Å². The van der Waals surface area contributed by atoms with Gasteiger partial charge in [-0.15, -0.1) is 0 Å². The van der Waals surface area contributed by atoms with Crippen LogP contribution >= 0.6 is 0 Å². The number of carbonyl (C=O) groups excluding carboxylic acids is 1. The molecule has 2 heterocycles. The van der Waals surface area contributed by atoms with Gasteiger partial charge in [-0.05, 0) is 24.1 Å². The van der Waals surface area contributed by atoms with Crippen LogP contribution in [-0.4, -0.2) is 26.1 Å². The number of fused-ring (bicyclic) bond motifs is 2. The van der Waals surface area contributed by atoms with E-state index in [0.29, 0.717) is 16.5 Å². The molecule has 0 saturated heterocycles. The van der Waals surface area contributed by atoms with Crippen LogP contribution in [0.5, 0.6) is 0 Å². The van der Waals surface area contributed by atoms with Crippen LogP contribution in [0.1, 0.15) is 37.8 Å². The quantitative estimate of drug-likeness (QED) is 0.471. The zero-order chi connectivity index (χ0) is 20.4. The number of rotatable bonds is 6. The third-order valence-corrected chi connectivity index (χ3v) is 5.33. The van der Waals surface area contributed by atoms with Crippen molar-refractivity contribution in [2.75, 3.05) is 0 Å². The maximum Gasteiger partial charge on any atom is 0.272 e. The first-order valence-electron chi connectivity index (χ1n) is 9.77. The number of carbonyl (C=O) groups is 1. The number of imidazole rings is 1. The first kappa shape index (κ1) is 18.9. The zero-order valence-corrected chi connectivity index (χ0v) is 16.4. The molecule has 7 nitrogen and oxygen atoms in total. The number of benzene rings is 2. The summed E-state index contributed by atoms with van der Waals surface area (Å²) < 4.78 is 0. The number of hydrogen-bond donors (Lipinski definition) is 3. The number of nitrogens with zero attached hydrogens (tertiary/aromatic N) is 2. The van der Waals surface area contributed by atoms with E-state index in [1.165, 1.54) is 0 Å². The van der Waals surface area contributed by atoms with Crippen LogP contribution in [0.3, 0.4) is 0 Å². The molecule has 0 aliphatic heterocycles. The molecule has 7 heteroatoms. The highest BCUT2D eigenvalue weighted by Crippen LogP contribution is 2.25. The maximum atomic E-state index is 12.9. The minimum Gasteiger partial charge on any atom is -0.346 e. The predicted octanol–water partition coefficient (Wildman–Crippen LogP) is 3.25. The minimum absolute atomic E-state index is 0.0739. The molecular formula is C22H23N5O2. The Morgan fingerprint density at radius 3 is 2.59 bits per heavy atom. The van der Waals surface area contributed by atoms with Gasteiger partial charge in [0.05, 0.1) is 34.6 Å². The lowest BCUT2D eigenvalue weighted by atomic mass is 9.98. The zero-order valence-electron chi connectivity index (χ0n) is 16.4. The number of amides is 1. The molecule has 29 heavy (non-hydrogen) atoms. The molecule has 2 unspecified atom stereocenters. The number of aromatic nitrogens is 4. The SMILES string of the molecule is CCC(C)C(NC(=O)Cc1n[nH]c(=O)c2ccccc12)c1nc2ccccc2[nH]1. The van der Waals surface area contributed by atoms with E-state index in [9.17, 15) is 9.59 Å². The maximum absolute atomic E-state index is 12.9. The third-order valence-electron chi connectivity index (χ3n) is 5.33. The highest BCUT2D eigenvalue weighted by atomic mass is 16.1. The molecule has 0 aliphatic rings. The van der Waals surface area contributed by atoms with Gasteiger partial charge in [0.15, 0.2) is 0 Å². The van der Waals surface area contributed by atoms with Gasteiger partial charge >= 0.3 is 0 Å². The van der Waals surface area contributed by atoms with Crippen molar-refractivity contribution in [3.05, 3.63) is 70.4 Å². The van der Waals surface area contributed by atoms with Crippen LogP contribution in [0.4, 0.5) is 0 Å². The van der Waals surface area contributed by atoms with Crippen LogP contribution in [0, 0.1) is 5.92 Å². The summed E-state index contributed by atoms with van der Waals surface area (Å²) in [6.07, 6.45) is 0.965. The molecule has 0 fully saturated rings. The van der Waals surface area contributed by atoms with E-state index in [1.54, 1.807) is 12.1 Å². The lowest BCUT2D eigenvalue weighted by Gasteiger charge is -2.22. The number of H-pyrrole nitrogens is 2. The van der Waals surface area contributed by atoms with Crippen molar-refractivity contribution < 1.29 is 4.79 Å². The second-order valence-corrected chi connectivity index (χ2v) is 7.29. The van der Waals surface area contributed by atoms with Crippen molar-refractivity contribution >= 4 is 27.7 Å². The number of nitrogens with one attached hydrogen (secondary N) is 3. The first-order valence-corrected chi connectivity index (χ1v) is 9.77. The Labute approximate surface area is 167 Å². The smallest absolute Gasteiger partial charge is 0.272 e. The monoisotopic (exact) mass is 389 g/mol. The molecule has 0 aliphatic carbocycles. The molecule has 4 aromatic rings. The summed E-state index contributed by atoms with van der Waals surface area (Å²) in [5.41, 5.74) is 2.10. The van der Waals surface area contributed by atoms with Gasteiger partial charge in [-0.1, -0.05) is 50.6 Å². The lowest BCUT2D eigenvalue weighted by molar-refractivity contribution is -0.121. The van der Waals surface area contributed by atoms with Crippen LogP contribution < -0.4 is 10.9 Å². The van der Waals surface area contributed by atoms with Gasteiger partial charge < -0.3 is 10.3 Å². The third kappa shape index (κ3) is 3.76. The fourth-order valence-electron chi connectivity index (χ4n) is 3.52. The van der Waals surface area contributed by atoms with Crippen LogP contribution in [0.2, 0.25) is 0 Å². The molecule has 0 saturated carbocycles.